The molecule has 0 unspecified atom stereocenters. The number of benzene rings is 3. The first-order chi connectivity index (χ1) is 17.3. The topological polar surface area (TPSA) is 119 Å². The normalized spacial score (nSPS) is 14.2. The van der Waals surface area contributed by atoms with Crippen LogP contribution in [0.5, 0.6) is 5.75 Å². The van der Waals surface area contributed by atoms with Gasteiger partial charge >= 0.3 is 0 Å². The molecule has 1 fully saturated rings. The van der Waals surface area contributed by atoms with Crippen LogP contribution >= 0.6 is 27.7 Å². The van der Waals surface area contributed by atoms with Gasteiger partial charge in [0.2, 0.25) is 0 Å². The van der Waals surface area contributed by atoms with E-state index in [1.807, 2.05) is 6.07 Å². The van der Waals surface area contributed by atoms with Gasteiger partial charge in [-0.05, 0) is 53.7 Å². The third-order valence-corrected chi connectivity index (χ3v) is 6.44. The van der Waals surface area contributed by atoms with Crippen LogP contribution in [-0.2, 0) is 16.1 Å². The Hall–Kier alpha value is -3.96. The van der Waals surface area contributed by atoms with E-state index in [1.165, 1.54) is 30.3 Å². The number of hydrogen-bond donors (Lipinski definition) is 1. The average molecular weight is 568 g/mol. The smallest absolute Gasteiger partial charge is 0.293 e. The minimum Gasteiger partial charge on any atom is -0.483 e. The summed E-state index contributed by atoms with van der Waals surface area (Å²) < 4.78 is 6.42. The van der Waals surface area contributed by atoms with Gasteiger partial charge in [0.25, 0.3) is 22.7 Å². The van der Waals surface area contributed by atoms with E-state index in [1.54, 1.807) is 42.5 Å². The number of hydrogen-bond acceptors (Lipinski definition) is 7. The molecule has 3 amide bonds. The fourth-order valence-electron chi connectivity index (χ4n) is 3.31. The molecule has 1 aliphatic rings. The standard InChI is InChI=1S/C25H18BrN3O6S/c26-18-8-11-21(35-15-23(30)27-19-4-2-1-3-5-19)17(12-18)13-22-24(31)28(25(32)36-22)14-16-6-9-20(10-7-16)29(33)34/h1-13H,14-15H2,(H,27,30)/b22-13-. The van der Waals surface area contributed by atoms with Gasteiger partial charge in [0, 0.05) is 27.9 Å². The summed E-state index contributed by atoms with van der Waals surface area (Å²) in [5, 5.41) is 13.1. The highest BCUT2D eigenvalue weighted by atomic mass is 79.9. The lowest BCUT2D eigenvalue weighted by Gasteiger charge is -2.12. The fraction of sp³-hybridized carbons (Fsp3) is 0.0800. The average Bonchev–Trinajstić information content (AvgIpc) is 3.12. The molecule has 0 aromatic heterocycles. The zero-order valence-corrected chi connectivity index (χ0v) is 21.0. The molecule has 0 saturated carbocycles. The highest BCUT2D eigenvalue weighted by molar-refractivity contribution is 9.10. The highest BCUT2D eigenvalue weighted by Gasteiger charge is 2.35. The summed E-state index contributed by atoms with van der Waals surface area (Å²) in [5.74, 6) is -0.474. The van der Waals surface area contributed by atoms with Crippen LogP contribution in [0.1, 0.15) is 11.1 Å². The maximum absolute atomic E-state index is 13.0. The number of ether oxygens (including phenoxy) is 1. The van der Waals surface area contributed by atoms with Crippen molar-refractivity contribution in [3.8, 4) is 5.75 Å². The van der Waals surface area contributed by atoms with E-state index in [2.05, 4.69) is 21.2 Å². The quantitative estimate of drug-likeness (QED) is 0.213. The van der Waals surface area contributed by atoms with Crippen LogP contribution in [0.15, 0.2) is 82.2 Å². The summed E-state index contributed by atoms with van der Waals surface area (Å²) in [5.41, 5.74) is 1.66. The zero-order chi connectivity index (χ0) is 25.7. The van der Waals surface area contributed by atoms with Gasteiger partial charge in [0.15, 0.2) is 6.61 Å². The third kappa shape index (κ3) is 6.18. The molecule has 0 aliphatic carbocycles. The Morgan fingerprint density at radius 3 is 2.50 bits per heavy atom. The van der Waals surface area contributed by atoms with Crippen molar-refractivity contribution in [2.45, 2.75) is 6.54 Å². The van der Waals surface area contributed by atoms with Crippen molar-refractivity contribution >= 4 is 62.2 Å². The SMILES string of the molecule is O=C(COc1ccc(Br)cc1/C=C1\SC(=O)N(Cc2ccc([N+](=O)[O-])cc2)C1=O)Nc1ccccc1. The van der Waals surface area contributed by atoms with Crippen LogP contribution < -0.4 is 10.1 Å². The maximum atomic E-state index is 13.0. The molecular weight excluding hydrogens is 550 g/mol. The molecular formula is C25H18BrN3O6S. The van der Waals surface area contributed by atoms with Gasteiger partial charge in [-0.3, -0.25) is 29.4 Å². The Bertz CT molecular complexity index is 1360. The summed E-state index contributed by atoms with van der Waals surface area (Å²) in [6, 6.07) is 19.7. The molecule has 0 radical (unpaired) electrons. The van der Waals surface area contributed by atoms with Gasteiger partial charge in [0.05, 0.1) is 16.4 Å². The number of nitrogens with one attached hydrogen (secondary N) is 1. The molecule has 1 aliphatic heterocycles. The number of amides is 3. The molecule has 1 N–H and O–H groups in total. The summed E-state index contributed by atoms with van der Waals surface area (Å²) >= 11 is 4.17. The molecule has 3 aromatic rings. The van der Waals surface area contributed by atoms with E-state index in [0.717, 1.165) is 21.1 Å². The zero-order valence-electron chi connectivity index (χ0n) is 18.5. The van der Waals surface area contributed by atoms with Crippen molar-refractivity contribution in [3.05, 3.63) is 103 Å². The first kappa shape index (κ1) is 25.1. The minimum atomic E-state index is -0.518. The number of carbonyl (C=O) groups is 3. The van der Waals surface area contributed by atoms with Crippen LogP contribution in [0.25, 0.3) is 6.08 Å². The summed E-state index contributed by atoms with van der Waals surface area (Å²) in [6.45, 7) is -0.263. The molecule has 0 spiro atoms. The third-order valence-electron chi connectivity index (χ3n) is 5.04. The second-order valence-electron chi connectivity index (χ2n) is 7.58. The van der Waals surface area contributed by atoms with E-state index in [0.29, 0.717) is 22.6 Å². The molecule has 36 heavy (non-hydrogen) atoms. The van der Waals surface area contributed by atoms with Gasteiger partial charge in [0.1, 0.15) is 5.75 Å². The number of thioether (sulfide) groups is 1. The van der Waals surface area contributed by atoms with Crippen molar-refractivity contribution < 1.29 is 24.0 Å². The minimum absolute atomic E-state index is 0.0124. The van der Waals surface area contributed by atoms with E-state index < -0.39 is 16.1 Å². The first-order valence-electron chi connectivity index (χ1n) is 10.6. The van der Waals surface area contributed by atoms with E-state index in [-0.39, 0.29) is 29.7 Å². The highest BCUT2D eigenvalue weighted by Crippen LogP contribution is 2.35. The summed E-state index contributed by atoms with van der Waals surface area (Å²) in [4.78, 5) is 49.3. The Labute approximate surface area is 218 Å². The van der Waals surface area contributed by atoms with Crippen LogP contribution in [-0.4, -0.2) is 33.5 Å². The summed E-state index contributed by atoms with van der Waals surface area (Å²) in [6.07, 6.45) is 1.54. The molecule has 182 valence electrons. The molecule has 1 heterocycles. The Balaban J connectivity index is 1.47. The fourth-order valence-corrected chi connectivity index (χ4v) is 4.52. The lowest BCUT2D eigenvalue weighted by molar-refractivity contribution is -0.384. The van der Waals surface area contributed by atoms with Crippen LogP contribution in [0.3, 0.4) is 0 Å². The number of nitrogens with zero attached hydrogens (tertiary/aromatic N) is 2. The van der Waals surface area contributed by atoms with Gasteiger partial charge in [-0.25, -0.2) is 0 Å². The second-order valence-corrected chi connectivity index (χ2v) is 9.49. The lowest BCUT2D eigenvalue weighted by atomic mass is 10.1. The van der Waals surface area contributed by atoms with Crippen molar-refractivity contribution in [1.82, 2.24) is 4.90 Å². The first-order valence-corrected chi connectivity index (χ1v) is 12.2. The predicted molar refractivity (Wildman–Crippen MR) is 139 cm³/mol. The number of nitro groups is 1. The van der Waals surface area contributed by atoms with Crippen molar-refractivity contribution in [2.75, 3.05) is 11.9 Å². The monoisotopic (exact) mass is 567 g/mol. The molecule has 3 aromatic carbocycles. The Morgan fingerprint density at radius 2 is 1.81 bits per heavy atom. The number of nitro benzene ring substituents is 1. The lowest BCUT2D eigenvalue weighted by Crippen LogP contribution is -2.27. The van der Waals surface area contributed by atoms with Crippen molar-refractivity contribution in [3.63, 3.8) is 0 Å². The molecule has 0 bridgehead atoms. The largest absolute Gasteiger partial charge is 0.483 e. The van der Waals surface area contributed by atoms with Crippen molar-refractivity contribution in [1.29, 1.82) is 0 Å². The Morgan fingerprint density at radius 1 is 1.08 bits per heavy atom. The number of halogens is 1. The van der Waals surface area contributed by atoms with E-state index in [9.17, 15) is 24.5 Å². The molecule has 1 saturated heterocycles. The number of para-hydroxylation sites is 1. The van der Waals surface area contributed by atoms with Crippen LogP contribution in [0.4, 0.5) is 16.2 Å². The van der Waals surface area contributed by atoms with Crippen LogP contribution in [0, 0.1) is 10.1 Å². The molecule has 4 rings (SSSR count). The summed E-state index contributed by atoms with van der Waals surface area (Å²) in [7, 11) is 0. The molecule has 11 heteroatoms. The number of carbonyl (C=O) groups excluding carboxylic acids is 3. The second kappa shape index (κ2) is 11.2. The molecule has 0 atom stereocenters. The van der Waals surface area contributed by atoms with Crippen molar-refractivity contribution in [2.24, 2.45) is 0 Å². The van der Waals surface area contributed by atoms with Gasteiger partial charge in [-0.1, -0.05) is 46.3 Å². The predicted octanol–water partition coefficient (Wildman–Crippen LogP) is 5.61. The van der Waals surface area contributed by atoms with E-state index >= 15 is 0 Å². The van der Waals surface area contributed by atoms with Gasteiger partial charge < -0.3 is 10.1 Å². The number of rotatable bonds is 8. The van der Waals surface area contributed by atoms with Gasteiger partial charge in [-0.2, -0.15) is 0 Å². The molecule has 9 nitrogen and oxygen atoms in total. The maximum Gasteiger partial charge on any atom is 0.293 e. The van der Waals surface area contributed by atoms with Gasteiger partial charge in [-0.15, -0.1) is 0 Å². The van der Waals surface area contributed by atoms with E-state index in [4.69, 9.17) is 4.74 Å². The number of non-ortho nitro benzene ring substituents is 1. The Kier molecular flexibility index (Phi) is 7.81. The van der Waals surface area contributed by atoms with Crippen LogP contribution in [0.2, 0.25) is 0 Å². The number of imide groups is 1. The number of anilines is 1.